The first-order valence-electron chi connectivity index (χ1n) is 4.52. The fraction of sp³-hybridized carbons (Fsp3) is 0.778. The lowest BCUT2D eigenvalue weighted by Crippen LogP contribution is -2.37. The normalized spacial score (nSPS) is 12.0. The molecule has 0 atom stereocenters. The maximum absolute atomic E-state index is 5.81. The maximum atomic E-state index is 5.81. The third-order valence-electron chi connectivity index (χ3n) is 2.15. The molecule has 0 aliphatic carbocycles. The number of hydrogen-bond donors (Lipinski definition) is 0. The summed E-state index contributed by atoms with van der Waals surface area (Å²) in [5.74, 6) is 0. The Hall–Kier alpha value is 0.177. The van der Waals surface area contributed by atoms with Crippen molar-refractivity contribution >= 4 is 8.32 Å². The summed E-state index contributed by atoms with van der Waals surface area (Å²) >= 11 is 0. The van der Waals surface area contributed by atoms with Gasteiger partial charge in [0.15, 0.2) is 8.32 Å². The van der Waals surface area contributed by atoms with E-state index >= 15 is 0 Å². The summed E-state index contributed by atoms with van der Waals surface area (Å²) < 4.78 is 5.81. The smallest absolute Gasteiger partial charge is 0.195 e. The number of hydrogen-bond acceptors (Lipinski definition) is 1. The molecule has 2 heteroatoms. The van der Waals surface area contributed by atoms with E-state index in [-0.39, 0.29) is 0 Å². The molecule has 0 aromatic heterocycles. The standard InChI is InChI=1S/C9H20OSi/c1-5-9-11(7-3,8-4)10-6-2/h9H,1,5-8H2,2-4H3. The van der Waals surface area contributed by atoms with Gasteiger partial charge in [0.2, 0.25) is 0 Å². The van der Waals surface area contributed by atoms with Crippen molar-refractivity contribution in [3.05, 3.63) is 13.0 Å². The van der Waals surface area contributed by atoms with Crippen LogP contribution >= 0.6 is 0 Å². The highest BCUT2D eigenvalue weighted by Gasteiger charge is 2.29. The molecule has 0 fully saturated rings. The molecule has 0 saturated carbocycles. The number of rotatable bonds is 6. The van der Waals surface area contributed by atoms with Gasteiger partial charge in [-0.15, -0.1) is 0 Å². The third-order valence-corrected chi connectivity index (χ3v) is 6.44. The average molecular weight is 172 g/mol. The lowest BCUT2D eigenvalue weighted by molar-refractivity contribution is 0.325. The average Bonchev–Trinajstić information content (AvgIpc) is 2.04. The Morgan fingerprint density at radius 1 is 1.27 bits per heavy atom. The predicted molar refractivity (Wildman–Crippen MR) is 52.6 cm³/mol. The highest BCUT2D eigenvalue weighted by atomic mass is 28.4. The molecule has 2 radical (unpaired) electrons. The Kier molecular flexibility index (Phi) is 5.87. The van der Waals surface area contributed by atoms with Crippen LogP contribution in [-0.4, -0.2) is 14.9 Å². The van der Waals surface area contributed by atoms with E-state index in [1.807, 2.05) is 0 Å². The van der Waals surface area contributed by atoms with Crippen LogP contribution in [0.4, 0.5) is 0 Å². The van der Waals surface area contributed by atoms with Crippen LogP contribution in [0.15, 0.2) is 0 Å². The van der Waals surface area contributed by atoms with Crippen LogP contribution in [0, 0.1) is 13.0 Å². The molecule has 11 heavy (non-hydrogen) atoms. The maximum Gasteiger partial charge on any atom is 0.195 e. The van der Waals surface area contributed by atoms with Crippen LogP contribution in [0.5, 0.6) is 0 Å². The summed E-state index contributed by atoms with van der Waals surface area (Å²) in [6.07, 6.45) is 0.911. The summed E-state index contributed by atoms with van der Waals surface area (Å²) in [6.45, 7) is 11.2. The van der Waals surface area contributed by atoms with Crippen LogP contribution in [0.3, 0.4) is 0 Å². The fourth-order valence-corrected chi connectivity index (χ4v) is 4.06. The van der Waals surface area contributed by atoms with Crippen molar-refractivity contribution in [2.45, 2.75) is 39.3 Å². The summed E-state index contributed by atoms with van der Waals surface area (Å²) in [6, 6.07) is 4.69. The first kappa shape index (κ1) is 11.2. The highest BCUT2D eigenvalue weighted by molar-refractivity contribution is 6.77. The second-order valence-electron chi connectivity index (χ2n) is 2.70. The molecular formula is C9H20OSi. The Morgan fingerprint density at radius 3 is 2.09 bits per heavy atom. The van der Waals surface area contributed by atoms with Gasteiger partial charge in [-0.25, -0.2) is 0 Å². The molecule has 0 amide bonds. The van der Waals surface area contributed by atoms with Crippen molar-refractivity contribution in [1.82, 2.24) is 0 Å². The van der Waals surface area contributed by atoms with Crippen LogP contribution in [0.25, 0.3) is 0 Å². The van der Waals surface area contributed by atoms with E-state index in [4.69, 9.17) is 4.43 Å². The third kappa shape index (κ3) is 3.39. The Balaban J connectivity index is 3.96. The molecular weight excluding hydrogens is 152 g/mol. The van der Waals surface area contributed by atoms with Crippen molar-refractivity contribution in [2.24, 2.45) is 0 Å². The molecule has 0 aromatic carbocycles. The van der Waals surface area contributed by atoms with E-state index < -0.39 is 8.32 Å². The van der Waals surface area contributed by atoms with Crippen molar-refractivity contribution in [3.8, 4) is 0 Å². The van der Waals surface area contributed by atoms with Crippen molar-refractivity contribution in [1.29, 1.82) is 0 Å². The quantitative estimate of drug-likeness (QED) is 0.560. The van der Waals surface area contributed by atoms with Gasteiger partial charge < -0.3 is 4.43 Å². The molecule has 66 valence electrons. The molecule has 0 aliphatic heterocycles. The van der Waals surface area contributed by atoms with E-state index in [9.17, 15) is 0 Å². The minimum Gasteiger partial charge on any atom is -0.417 e. The predicted octanol–water partition coefficient (Wildman–Crippen LogP) is 2.98. The minimum absolute atomic E-state index is 0.852. The van der Waals surface area contributed by atoms with E-state index in [0.717, 1.165) is 13.0 Å². The van der Waals surface area contributed by atoms with E-state index in [1.54, 1.807) is 0 Å². The topological polar surface area (TPSA) is 9.23 Å². The van der Waals surface area contributed by atoms with Gasteiger partial charge in [-0.3, -0.25) is 0 Å². The van der Waals surface area contributed by atoms with Crippen molar-refractivity contribution < 1.29 is 4.43 Å². The van der Waals surface area contributed by atoms with E-state index in [2.05, 4.69) is 33.7 Å². The molecule has 1 nitrogen and oxygen atoms in total. The van der Waals surface area contributed by atoms with E-state index in [1.165, 1.54) is 12.1 Å². The second kappa shape index (κ2) is 5.78. The molecule has 0 aliphatic rings. The first-order chi connectivity index (χ1) is 5.24. The van der Waals surface area contributed by atoms with Crippen LogP contribution in [-0.2, 0) is 4.43 Å². The minimum atomic E-state index is -1.43. The lowest BCUT2D eigenvalue weighted by Gasteiger charge is -2.27. The summed E-state index contributed by atoms with van der Waals surface area (Å²) in [4.78, 5) is 0. The molecule has 0 spiro atoms. The molecule has 0 bridgehead atoms. The monoisotopic (exact) mass is 172 g/mol. The van der Waals surface area contributed by atoms with Crippen molar-refractivity contribution in [3.63, 3.8) is 0 Å². The summed E-state index contributed by atoms with van der Waals surface area (Å²) in [5.41, 5.74) is 0. The zero-order valence-corrected chi connectivity index (χ0v) is 9.02. The zero-order valence-electron chi connectivity index (χ0n) is 8.02. The van der Waals surface area contributed by atoms with Gasteiger partial charge in [-0.05, 0) is 25.1 Å². The Bertz CT molecular complexity index is 81.6. The van der Waals surface area contributed by atoms with Gasteiger partial charge in [-0.2, -0.15) is 0 Å². The van der Waals surface area contributed by atoms with Crippen molar-refractivity contribution in [2.75, 3.05) is 6.61 Å². The molecule has 0 saturated heterocycles. The van der Waals surface area contributed by atoms with Crippen LogP contribution in [0.2, 0.25) is 12.1 Å². The summed E-state index contributed by atoms with van der Waals surface area (Å²) in [7, 11) is -1.43. The van der Waals surface area contributed by atoms with Crippen LogP contribution in [0.1, 0.15) is 27.2 Å². The van der Waals surface area contributed by atoms with Crippen LogP contribution < -0.4 is 0 Å². The van der Waals surface area contributed by atoms with Gasteiger partial charge in [-0.1, -0.05) is 27.2 Å². The summed E-state index contributed by atoms with van der Waals surface area (Å²) in [5, 5.41) is 0. The Labute approximate surface area is 72.3 Å². The SMILES string of the molecule is [CH2]C[CH][Si](CC)(CC)OCC. The second-order valence-corrected chi connectivity index (χ2v) is 6.94. The van der Waals surface area contributed by atoms with Gasteiger partial charge in [0.25, 0.3) is 0 Å². The molecule has 0 rings (SSSR count). The van der Waals surface area contributed by atoms with Gasteiger partial charge >= 0.3 is 0 Å². The van der Waals surface area contributed by atoms with Gasteiger partial charge in [0.05, 0.1) is 0 Å². The largest absolute Gasteiger partial charge is 0.417 e. The zero-order chi connectivity index (χ0) is 8.74. The molecule has 0 unspecified atom stereocenters. The van der Waals surface area contributed by atoms with Gasteiger partial charge in [0, 0.05) is 6.61 Å². The Morgan fingerprint density at radius 2 is 1.82 bits per heavy atom. The first-order valence-corrected chi connectivity index (χ1v) is 6.92. The fourth-order valence-electron chi connectivity index (χ4n) is 1.35. The molecule has 0 aromatic rings. The highest BCUT2D eigenvalue weighted by Crippen LogP contribution is 2.21. The lowest BCUT2D eigenvalue weighted by atomic mass is 10.6. The molecule has 0 heterocycles. The van der Waals surface area contributed by atoms with E-state index in [0.29, 0.717) is 0 Å². The molecule has 0 N–H and O–H groups in total. The van der Waals surface area contributed by atoms with Gasteiger partial charge in [0.1, 0.15) is 0 Å².